The third-order valence-corrected chi connectivity index (χ3v) is 4.83. The molecule has 0 radical (unpaired) electrons. The second-order valence-corrected chi connectivity index (χ2v) is 6.70. The van der Waals surface area contributed by atoms with Crippen LogP contribution < -0.4 is 0 Å². The van der Waals surface area contributed by atoms with Gasteiger partial charge < -0.3 is 15.0 Å². The van der Waals surface area contributed by atoms with Gasteiger partial charge in [-0.05, 0) is 43.4 Å². The van der Waals surface area contributed by atoms with Gasteiger partial charge in [0.05, 0.1) is 0 Å². The molecule has 2 N–H and O–H groups in total. The number of hydrogen-bond acceptors (Lipinski definition) is 3. The molecule has 1 aromatic carbocycles. The van der Waals surface area contributed by atoms with Crippen LogP contribution in [0.25, 0.3) is 0 Å². The number of benzene rings is 1. The monoisotopic (exact) mass is 354 g/mol. The number of carboxylic acid groups (broad SMARTS) is 1. The summed E-state index contributed by atoms with van der Waals surface area (Å²) in [7, 11) is 0. The first-order valence-corrected chi connectivity index (χ1v) is 8.83. The summed E-state index contributed by atoms with van der Waals surface area (Å²) >= 11 is 0. The van der Waals surface area contributed by atoms with Gasteiger partial charge in [0.1, 0.15) is 0 Å². The third kappa shape index (κ3) is 4.20. The van der Waals surface area contributed by atoms with E-state index >= 15 is 0 Å². The summed E-state index contributed by atoms with van der Waals surface area (Å²) in [5, 5.41) is 8.83. The van der Waals surface area contributed by atoms with E-state index in [2.05, 4.69) is 4.98 Å². The standard InChI is InChI=1S/C20H22N2O4/c23-18(24)8-3-14-2-1-11-22(13-14)20(26)16-6-4-15(5-7-16)19(25)17-9-10-21-12-17/h4-7,9-10,12,14,21H,1-3,8,11,13H2,(H,23,24). The van der Waals surface area contributed by atoms with Gasteiger partial charge >= 0.3 is 5.97 Å². The number of aromatic amines is 1. The van der Waals surface area contributed by atoms with E-state index in [0.717, 1.165) is 12.8 Å². The van der Waals surface area contributed by atoms with E-state index in [4.69, 9.17) is 5.11 Å². The summed E-state index contributed by atoms with van der Waals surface area (Å²) in [4.78, 5) is 40.4. The Morgan fingerprint density at radius 2 is 1.81 bits per heavy atom. The number of rotatable bonds is 6. The summed E-state index contributed by atoms with van der Waals surface area (Å²) in [6.07, 6.45) is 5.93. The van der Waals surface area contributed by atoms with Gasteiger partial charge in [0, 0.05) is 48.6 Å². The third-order valence-electron chi connectivity index (χ3n) is 4.83. The first-order chi connectivity index (χ1) is 12.5. The lowest BCUT2D eigenvalue weighted by Gasteiger charge is -2.32. The van der Waals surface area contributed by atoms with Crippen molar-refractivity contribution in [1.82, 2.24) is 9.88 Å². The van der Waals surface area contributed by atoms with Crippen LogP contribution in [0.4, 0.5) is 0 Å². The lowest BCUT2D eigenvalue weighted by Crippen LogP contribution is -2.40. The van der Waals surface area contributed by atoms with Crippen molar-refractivity contribution in [2.45, 2.75) is 25.7 Å². The summed E-state index contributed by atoms with van der Waals surface area (Å²) in [5.41, 5.74) is 1.68. The van der Waals surface area contributed by atoms with Crippen molar-refractivity contribution in [2.24, 2.45) is 5.92 Å². The van der Waals surface area contributed by atoms with Crippen molar-refractivity contribution in [3.05, 3.63) is 59.4 Å². The average Bonchev–Trinajstić information content (AvgIpc) is 3.20. The summed E-state index contributed by atoms with van der Waals surface area (Å²) in [5.74, 6) is -0.711. The maximum absolute atomic E-state index is 12.7. The van der Waals surface area contributed by atoms with E-state index in [1.807, 2.05) is 0 Å². The van der Waals surface area contributed by atoms with Gasteiger partial charge in [-0.3, -0.25) is 14.4 Å². The number of ketones is 1. The zero-order chi connectivity index (χ0) is 18.5. The topological polar surface area (TPSA) is 90.5 Å². The Balaban J connectivity index is 1.64. The fourth-order valence-corrected chi connectivity index (χ4v) is 3.39. The summed E-state index contributed by atoms with van der Waals surface area (Å²) < 4.78 is 0. The molecule has 6 heteroatoms. The molecule has 1 atom stereocenters. The molecule has 2 heterocycles. The molecule has 1 fully saturated rings. The number of piperidine rings is 1. The molecular formula is C20H22N2O4. The molecule has 2 aromatic rings. The Labute approximate surface area is 151 Å². The fraction of sp³-hybridized carbons (Fsp3) is 0.350. The molecule has 1 unspecified atom stereocenters. The molecule has 1 aliphatic heterocycles. The molecule has 0 saturated carbocycles. The lowest BCUT2D eigenvalue weighted by atomic mass is 9.93. The molecule has 3 rings (SSSR count). The van der Waals surface area contributed by atoms with E-state index < -0.39 is 5.97 Å². The average molecular weight is 354 g/mol. The first-order valence-electron chi connectivity index (χ1n) is 8.83. The summed E-state index contributed by atoms with van der Waals surface area (Å²) in [6, 6.07) is 8.43. The van der Waals surface area contributed by atoms with E-state index in [9.17, 15) is 14.4 Å². The number of aliphatic carboxylic acids is 1. The predicted molar refractivity (Wildman–Crippen MR) is 96.2 cm³/mol. The minimum atomic E-state index is -0.795. The quantitative estimate of drug-likeness (QED) is 0.780. The van der Waals surface area contributed by atoms with Crippen molar-refractivity contribution >= 4 is 17.7 Å². The minimum absolute atomic E-state index is 0.0642. The normalized spacial score (nSPS) is 17.1. The van der Waals surface area contributed by atoms with Crippen molar-refractivity contribution in [3.63, 3.8) is 0 Å². The van der Waals surface area contributed by atoms with Crippen molar-refractivity contribution in [2.75, 3.05) is 13.1 Å². The summed E-state index contributed by atoms with van der Waals surface area (Å²) in [6.45, 7) is 1.28. The smallest absolute Gasteiger partial charge is 0.303 e. The molecule has 0 bridgehead atoms. The number of carbonyl (C=O) groups excluding carboxylic acids is 2. The number of H-pyrrole nitrogens is 1. The molecule has 1 saturated heterocycles. The van der Waals surface area contributed by atoms with Gasteiger partial charge in [-0.2, -0.15) is 0 Å². The first kappa shape index (κ1) is 17.9. The Kier molecular flexibility index (Phi) is 5.51. The fourth-order valence-electron chi connectivity index (χ4n) is 3.39. The lowest BCUT2D eigenvalue weighted by molar-refractivity contribution is -0.137. The van der Waals surface area contributed by atoms with E-state index in [1.165, 1.54) is 0 Å². The largest absolute Gasteiger partial charge is 0.481 e. The van der Waals surface area contributed by atoms with Crippen LogP contribution in [0.1, 0.15) is 52.0 Å². The van der Waals surface area contributed by atoms with Crippen LogP contribution in [0.5, 0.6) is 0 Å². The molecular weight excluding hydrogens is 332 g/mol. The van der Waals surface area contributed by atoms with E-state index in [0.29, 0.717) is 36.2 Å². The number of hydrogen-bond donors (Lipinski definition) is 2. The Bertz CT molecular complexity index is 781. The SMILES string of the molecule is O=C(O)CCC1CCCN(C(=O)c2ccc(C(=O)c3cc[nH]c3)cc2)C1. The number of nitrogens with zero attached hydrogens (tertiary/aromatic N) is 1. The highest BCUT2D eigenvalue weighted by Gasteiger charge is 2.25. The molecule has 26 heavy (non-hydrogen) atoms. The molecule has 136 valence electrons. The highest BCUT2D eigenvalue weighted by atomic mass is 16.4. The molecule has 1 aliphatic rings. The zero-order valence-corrected chi connectivity index (χ0v) is 14.5. The Hall–Kier alpha value is -2.89. The second kappa shape index (κ2) is 7.99. The Morgan fingerprint density at radius 1 is 1.08 bits per heavy atom. The van der Waals surface area contributed by atoms with Gasteiger partial charge in [0.2, 0.25) is 0 Å². The van der Waals surface area contributed by atoms with E-state index in [1.54, 1.807) is 47.6 Å². The van der Waals surface area contributed by atoms with Gasteiger partial charge in [-0.25, -0.2) is 0 Å². The molecule has 1 amide bonds. The zero-order valence-electron chi connectivity index (χ0n) is 14.5. The van der Waals surface area contributed by atoms with Crippen molar-refractivity contribution in [1.29, 1.82) is 0 Å². The maximum atomic E-state index is 12.7. The van der Waals surface area contributed by atoms with Crippen LogP contribution in [0.2, 0.25) is 0 Å². The van der Waals surface area contributed by atoms with Gasteiger partial charge in [0.25, 0.3) is 5.91 Å². The van der Waals surface area contributed by atoms with Gasteiger partial charge in [0.15, 0.2) is 5.78 Å². The second-order valence-electron chi connectivity index (χ2n) is 6.70. The van der Waals surface area contributed by atoms with Crippen molar-refractivity contribution in [3.8, 4) is 0 Å². The predicted octanol–water partition coefficient (Wildman–Crippen LogP) is 2.96. The highest BCUT2D eigenvalue weighted by Crippen LogP contribution is 2.23. The van der Waals surface area contributed by atoms with Crippen LogP contribution in [0.15, 0.2) is 42.7 Å². The van der Waals surface area contributed by atoms with Crippen LogP contribution in [-0.2, 0) is 4.79 Å². The number of nitrogens with one attached hydrogen (secondary N) is 1. The van der Waals surface area contributed by atoms with Crippen LogP contribution in [0.3, 0.4) is 0 Å². The van der Waals surface area contributed by atoms with Crippen LogP contribution in [0, 0.1) is 5.92 Å². The van der Waals surface area contributed by atoms with Gasteiger partial charge in [-0.15, -0.1) is 0 Å². The molecule has 0 spiro atoms. The maximum Gasteiger partial charge on any atom is 0.303 e. The minimum Gasteiger partial charge on any atom is -0.481 e. The molecule has 0 aliphatic carbocycles. The molecule has 6 nitrogen and oxygen atoms in total. The highest BCUT2D eigenvalue weighted by molar-refractivity contribution is 6.09. The number of amides is 1. The number of carboxylic acids is 1. The van der Waals surface area contributed by atoms with Crippen LogP contribution >= 0.6 is 0 Å². The van der Waals surface area contributed by atoms with Crippen LogP contribution in [-0.4, -0.2) is 45.7 Å². The van der Waals surface area contributed by atoms with E-state index in [-0.39, 0.29) is 24.0 Å². The number of aromatic nitrogens is 1. The number of likely N-dealkylation sites (tertiary alicyclic amines) is 1. The molecule has 1 aromatic heterocycles. The van der Waals surface area contributed by atoms with Gasteiger partial charge in [-0.1, -0.05) is 12.1 Å². The van der Waals surface area contributed by atoms with Crippen molar-refractivity contribution < 1.29 is 19.5 Å². The Morgan fingerprint density at radius 3 is 2.46 bits per heavy atom. The number of carbonyl (C=O) groups is 3.